The summed E-state index contributed by atoms with van der Waals surface area (Å²) < 4.78 is 16.2. The van der Waals surface area contributed by atoms with Crippen LogP contribution in [0.4, 0.5) is 4.79 Å². The quantitative estimate of drug-likeness (QED) is 0.235. The molecule has 5 rings (SSSR count). The fourth-order valence-electron chi connectivity index (χ4n) is 11.4. The summed E-state index contributed by atoms with van der Waals surface area (Å²) in [5, 5.41) is 18.6. The highest BCUT2D eigenvalue weighted by Crippen LogP contribution is 2.76. The predicted molar refractivity (Wildman–Crippen MR) is 161 cm³/mol. The lowest BCUT2D eigenvalue weighted by atomic mass is 9.33. The van der Waals surface area contributed by atoms with Crippen LogP contribution in [0.2, 0.25) is 0 Å². The van der Waals surface area contributed by atoms with Crippen LogP contribution in [0.1, 0.15) is 99.8 Å². The molecular weight excluding hydrogens is 564 g/mol. The maximum Gasteiger partial charge on any atom is 0.508 e. The Morgan fingerprint density at radius 1 is 0.909 bits per heavy atom. The average molecular weight is 617 g/mol. The van der Waals surface area contributed by atoms with Crippen molar-refractivity contribution in [3.05, 3.63) is 11.1 Å². The molecule has 0 bridgehead atoms. The van der Waals surface area contributed by atoms with Crippen LogP contribution in [0, 0.1) is 50.7 Å². The third-order valence-electron chi connectivity index (χ3n) is 13.7. The van der Waals surface area contributed by atoms with Gasteiger partial charge in [0.05, 0.1) is 13.7 Å². The van der Waals surface area contributed by atoms with Crippen LogP contribution in [0.15, 0.2) is 11.1 Å². The minimum Gasteiger partial charge on any atom is -0.468 e. The average Bonchev–Trinajstić information content (AvgIpc) is 3.20. The molecule has 9 heteroatoms. The molecule has 0 amide bonds. The van der Waals surface area contributed by atoms with Gasteiger partial charge in [-0.05, 0) is 96.9 Å². The van der Waals surface area contributed by atoms with Crippen LogP contribution < -0.4 is 0 Å². The van der Waals surface area contributed by atoms with Gasteiger partial charge in [0.1, 0.15) is 18.8 Å². The van der Waals surface area contributed by atoms with Gasteiger partial charge in [-0.25, -0.2) is 4.79 Å². The first kappa shape index (κ1) is 33.1. The summed E-state index contributed by atoms with van der Waals surface area (Å²) in [6, 6.07) is 0. The van der Waals surface area contributed by atoms with Crippen molar-refractivity contribution in [2.45, 2.75) is 112 Å². The molecule has 0 aromatic rings. The number of fused-ring (bicyclic) bond motifs is 7. The van der Waals surface area contributed by atoms with Gasteiger partial charge in [0, 0.05) is 11.0 Å². The van der Waals surface area contributed by atoms with Crippen molar-refractivity contribution < 1.29 is 43.6 Å². The summed E-state index contributed by atoms with van der Waals surface area (Å²) in [6.45, 7) is 14.6. The van der Waals surface area contributed by atoms with E-state index < -0.39 is 41.8 Å². The molecule has 0 spiro atoms. The lowest BCUT2D eigenvalue weighted by Gasteiger charge is -2.71. The lowest BCUT2D eigenvalue weighted by Crippen LogP contribution is -2.66. The normalized spacial score (nSPS) is 41.7. The largest absolute Gasteiger partial charge is 0.508 e. The van der Waals surface area contributed by atoms with Gasteiger partial charge < -0.3 is 24.4 Å². The van der Waals surface area contributed by atoms with Gasteiger partial charge in [-0.15, -0.1) is 0 Å². The molecule has 0 aromatic carbocycles. The highest BCUT2D eigenvalue weighted by atomic mass is 16.7. The molecule has 9 atom stereocenters. The number of aliphatic hydroxyl groups is 2. The number of aliphatic hydroxyl groups excluding tert-OH is 2. The third kappa shape index (κ3) is 4.30. The molecular formula is C35H52O9. The van der Waals surface area contributed by atoms with E-state index >= 15 is 0 Å². The second-order valence-corrected chi connectivity index (χ2v) is 16.0. The van der Waals surface area contributed by atoms with Crippen LogP contribution in [0.3, 0.4) is 0 Å². The molecule has 246 valence electrons. The number of allylic oxidation sites excluding steroid dienone is 1. The number of rotatable bonds is 6. The standard InChI is InChI=1S/C35H52O9/c1-19(2)25-26-21-9-10-23-32(5)13-12-24(44-30(41)43-18-20(37)17-36)31(3,4)22(32)11-14-34(23,7)33(21,6)15-16-35(26,29(40)42-8)28(39)27(25)38/h19-24,36-37H,9-18H2,1-8H3/t20?,21-,22+,23?,24+,32+,33-,34-,35+/m1/s1. The summed E-state index contributed by atoms with van der Waals surface area (Å²) in [7, 11) is 1.31. The molecule has 0 heterocycles. The molecule has 5 aliphatic rings. The van der Waals surface area contributed by atoms with E-state index in [0.717, 1.165) is 37.7 Å². The smallest absolute Gasteiger partial charge is 0.468 e. The van der Waals surface area contributed by atoms with Gasteiger partial charge in [0.25, 0.3) is 0 Å². The Morgan fingerprint density at radius 2 is 1.59 bits per heavy atom. The van der Waals surface area contributed by atoms with Crippen molar-refractivity contribution in [3.63, 3.8) is 0 Å². The first-order valence-electron chi connectivity index (χ1n) is 16.5. The van der Waals surface area contributed by atoms with Crippen molar-refractivity contribution in [1.82, 2.24) is 0 Å². The lowest BCUT2D eigenvalue weighted by molar-refractivity contribution is -0.230. The van der Waals surface area contributed by atoms with Gasteiger partial charge in [0.15, 0.2) is 5.41 Å². The van der Waals surface area contributed by atoms with Gasteiger partial charge in [-0.3, -0.25) is 14.4 Å². The van der Waals surface area contributed by atoms with Crippen molar-refractivity contribution in [2.75, 3.05) is 20.3 Å². The van der Waals surface area contributed by atoms with E-state index in [9.17, 15) is 24.3 Å². The highest BCUT2D eigenvalue weighted by Gasteiger charge is 2.73. The summed E-state index contributed by atoms with van der Waals surface area (Å²) in [4.78, 5) is 53.1. The first-order valence-corrected chi connectivity index (χ1v) is 16.5. The second-order valence-electron chi connectivity index (χ2n) is 16.0. The molecule has 9 nitrogen and oxygen atoms in total. The maximum atomic E-state index is 13.7. The van der Waals surface area contributed by atoms with Crippen molar-refractivity contribution in [3.8, 4) is 0 Å². The zero-order valence-corrected chi connectivity index (χ0v) is 27.8. The SMILES string of the molecule is COC(=O)[C@@]12CC[C@]3(C)[C@H](CCC4[C@@]5(C)CC[C@H](OC(=O)OCC(O)CO)C(C)(C)[C@@H]5CC[C@]43C)C1=C(C(C)C)C(=O)C2=O. The summed E-state index contributed by atoms with van der Waals surface area (Å²) >= 11 is 0. The van der Waals surface area contributed by atoms with Gasteiger partial charge in [0.2, 0.25) is 11.6 Å². The Hall–Kier alpha value is -2.26. The molecule has 0 saturated heterocycles. The Kier molecular flexibility index (Phi) is 8.22. The second kappa shape index (κ2) is 10.9. The molecule has 5 aliphatic carbocycles. The minimum atomic E-state index is -1.49. The van der Waals surface area contributed by atoms with Crippen LogP contribution in [-0.4, -0.2) is 66.4 Å². The minimum absolute atomic E-state index is 0.0191. The fourth-order valence-corrected chi connectivity index (χ4v) is 11.4. The first-order chi connectivity index (χ1) is 20.5. The molecule has 0 aromatic heterocycles. The number of hydrogen-bond acceptors (Lipinski definition) is 9. The summed E-state index contributed by atoms with van der Waals surface area (Å²) in [6.07, 6.45) is 3.93. The van der Waals surface area contributed by atoms with E-state index in [1.165, 1.54) is 7.11 Å². The molecule has 0 radical (unpaired) electrons. The number of hydrogen-bond donors (Lipinski definition) is 2. The Bertz CT molecular complexity index is 1270. The van der Waals surface area contributed by atoms with Crippen molar-refractivity contribution in [2.24, 2.45) is 50.7 Å². The number of methoxy groups -OCH3 is 1. The topological polar surface area (TPSA) is 136 Å². The maximum absolute atomic E-state index is 13.7. The Balaban J connectivity index is 1.47. The van der Waals surface area contributed by atoms with E-state index in [4.69, 9.17) is 19.3 Å². The number of Topliss-reactive ketones (excluding diaryl/α,β-unsaturated/α-hetero) is 2. The number of esters is 1. The van der Waals surface area contributed by atoms with Crippen LogP contribution in [-0.2, 0) is 28.6 Å². The van der Waals surface area contributed by atoms with Gasteiger partial charge in [-0.1, -0.05) is 48.5 Å². The van der Waals surface area contributed by atoms with Gasteiger partial charge >= 0.3 is 12.1 Å². The summed E-state index contributed by atoms with van der Waals surface area (Å²) in [5.41, 5.74) is -0.820. The van der Waals surface area contributed by atoms with Crippen LogP contribution in [0.5, 0.6) is 0 Å². The molecule has 2 unspecified atom stereocenters. The number of carbonyl (C=O) groups is 4. The molecule has 44 heavy (non-hydrogen) atoms. The number of ketones is 2. The van der Waals surface area contributed by atoms with Gasteiger partial charge in [-0.2, -0.15) is 0 Å². The number of carbonyl (C=O) groups excluding carboxylic acids is 4. The molecule has 4 saturated carbocycles. The molecule has 4 fully saturated rings. The zero-order chi connectivity index (χ0) is 32.6. The van der Waals surface area contributed by atoms with Crippen molar-refractivity contribution >= 4 is 23.7 Å². The highest BCUT2D eigenvalue weighted by molar-refractivity contribution is 6.52. The number of ether oxygens (including phenoxy) is 3. The van der Waals surface area contributed by atoms with E-state index in [0.29, 0.717) is 36.7 Å². The van der Waals surface area contributed by atoms with Crippen LogP contribution >= 0.6 is 0 Å². The van der Waals surface area contributed by atoms with Crippen LogP contribution in [0.25, 0.3) is 0 Å². The monoisotopic (exact) mass is 616 g/mol. The van der Waals surface area contributed by atoms with Crippen molar-refractivity contribution in [1.29, 1.82) is 0 Å². The predicted octanol–water partition coefficient (Wildman–Crippen LogP) is 5.19. The Morgan fingerprint density at radius 3 is 2.20 bits per heavy atom. The third-order valence-corrected chi connectivity index (χ3v) is 13.7. The Labute approximate surface area is 261 Å². The fraction of sp³-hybridized carbons (Fsp3) is 0.829. The van der Waals surface area contributed by atoms with E-state index in [1.54, 1.807) is 0 Å². The van der Waals surface area contributed by atoms with E-state index in [1.807, 2.05) is 13.8 Å². The van der Waals surface area contributed by atoms with E-state index in [2.05, 4.69) is 34.6 Å². The van der Waals surface area contributed by atoms with E-state index in [-0.39, 0.29) is 46.2 Å². The summed E-state index contributed by atoms with van der Waals surface area (Å²) in [5.74, 6) is -1.24. The molecule has 0 aliphatic heterocycles. The zero-order valence-electron chi connectivity index (χ0n) is 27.8. The molecule has 2 N–H and O–H groups in total.